The highest BCUT2D eigenvalue weighted by molar-refractivity contribution is 5.88. The summed E-state index contributed by atoms with van der Waals surface area (Å²) in [6, 6.07) is 8.47. The van der Waals surface area contributed by atoms with Crippen LogP contribution < -0.4 is 5.32 Å². The van der Waals surface area contributed by atoms with Crippen LogP contribution in [0.5, 0.6) is 0 Å². The van der Waals surface area contributed by atoms with Gasteiger partial charge < -0.3 is 15.2 Å². The van der Waals surface area contributed by atoms with E-state index < -0.39 is 11.5 Å². The third-order valence-corrected chi connectivity index (χ3v) is 4.88. The summed E-state index contributed by atoms with van der Waals surface area (Å²) in [6.45, 7) is 4.81. The molecule has 1 aromatic carbocycles. The molecular formula is C19H29NO3. The fraction of sp³-hybridized carbons (Fsp3) is 0.632. The molecule has 0 spiro atoms. The maximum atomic E-state index is 12.8. The number of hydrogen-bond donors (Lipinski definition) is 2. The van der Waals surface area contributed by atoms with E-state index in [9.17, 15) is 9.90 Å². The van der Waals surface area contributed by atoms with Crippen molar-refractivity contribution in [2.45, 2.75) is 57.0 Å². The summed E-state index contributed by atoms with van der Waals surface area (Å²) in [6.07, 6.45) is 3.23. The number of aliphatic hydroxyl groups is 1. The summed E-state index contributed by atoms with van der Waals surface area (Å²) >= 11 is 0. The Hall–Kier alpha value is -1.39. The van der Waals surface area contributed by atoms with Gasteiger partial charge in [0.1, 0.15) is 0 Å². The molecule has 1 aliphatic carbocycles. The Kier molecular flexibility index (Phi) is 6.19. The third kappa shape index (κ3) is 4.12. The first-order valence-corrected chi connectivity index (χ1v) is 8.55. The Bertz CT molecular complexity index is 504. The number of benzene rings is 1. The fourth-order valence-electron chi connectivity index (χ4n) is 3.44. The molecule has 2 rings (SSSR count). The van der Waals surface area contributed by atoms with Crippen molar-refractivity contribution >= 4 is 5.91 Å². The van der Waals surface area contributed by atoms with Crippen LogP contribution in [0.1, 0.15) is 56.6 Å². The normalized spacial score (nSPS) is 18.1. The van der Waals surface area contributed by atoms with Gasteiger partial charge in [-0.2, -0.15) is 0 Å². The van der Waals surface area contributed by atoms with Gasteiger partial charge >= 0.3 is 0 Å². The molecule has 1 aromatic rings. The Balaban J connectivity index is 2.13. The summed E-state index contributed by atoms with van der Waals surface area (Å²) in [7, 11) is 1.54. The zero-order valence-electron chi connectivity index (χ0n) is 14.5. The second-order valence-electron chi connectivity index (χ2n) is 6.89. The Labute approximate surface area is 139 Å². The van der Waals surface area contributed by atoms with Crippen molar-refractivity contribution in [1.82, 2.24) is 5.32 Å². The van der Waals surface area contributed by atoms with Crippen molar-refractivity contribution < 1.29 is 14.6 Å². The lowest BCUT2D eigenvalue weighted by atomic mass is 9.77. The highest BCUT2D eigenvalue weighted by Crippen LogP contribution is 2.41. The summed E-state index contributed by atoms with van der Waals surface area (Å²) in [5.74, 6) is 0.518. The lowest BCUT2D eigenvalue weighted by Gasteiger charge is -2.29. The number of ether oxygens (including phenoxy) is 1. The van der Waals surface area contributed by atoms with E-state index in [2.05, 4.69) is 43.4 Å². The minimum Gasteiger partial charge on any atom is -0.389 e. The van der Waals surface area contributed by atoms with Crippen LogP contribution in [-0.4, -0.2) is 37.4 Å². The number of hydrogen-bond acceptors (Lipinski definition) is 3. The molecule has 1 amide bonds. The molecule has 0 radical (unpaired) electrons. The van der Waals surface area contributed by atoms with E-state index in [4.69, 9.17) is 4.74 Å². The molecule has 0 aromatic heterocycles. The molecule has 23 heavy (non-hydrogen) atoms. The average molecular weight is 319 g/mol. The predicted octanol–water partition coefficient (Wildman–Crippen LogP) is 2.75. The molecule has 0 saturated heterocycles. The van der Waals surface area contributed by atoms with Gasteiger partial charge in [-0.3, -0.25) is 4.79 Å². The van der Waals surface area contributed by atoms with Crippen molar-refractivity contribution in [2.24, 2.45) is 0 Å². The van der Waals surface area contributed by atoms with Crippen LogP contribution in [0.3, 0.4) is 0 Å². The molecule has 1 atom stereocenters. The largest absolute Gasteiger partial charge is 0.389 e. The molecule has 1 unspecified atom stereocenters. The van der Waals surface area contributed by atoms with E-state index in [0.29, 0.717) is 5.92 Å². The standard InChI is InChI=1S/C19H29NO3/c1-14(2)15-6-8-16(9-7-15)19(10-4-5-11-19)18(22)20-12-17(21)13-23-3/h6-9,14,17,21H,4-5,10-13H2,1-3H3,(H,20,22). The van der Waals surface area contributed by atoms with Gasteiger partial charge in [0.2, 0.25) is 5.91 Å². The first kappa shape index (κ1) is 18.0. The molecule has 1 saturated carbocycles. The Morgan fingerprint density at radius 2 is 1.87 bits per heavy atom. The van der Waals surface area contributed by atoms with E-state index in [-0.39, 0.29) is 19.1 Å². The summed E-state index contributed by atoms with van der Waals surface area (Å²) in [4.78, 5) is 12.8. The molecule has 1 fully saturated rings. The fourth-order valence-corrected chi connectivity index (χ4v) is 3.44. The molecule has 4 heteroatoms. The predicted molar refractivity (Wildman–Crippen MR) is 91.6 cm³/mol. The van der Waals surface area contributed by atoms with Crippen LogP contribution in [0.25, 0.3) is 0 Å². The number of methoxy groups -OCH3 is 1. The number of rotatable bonds is 7. The molecule has 1 aliphatic rings. The number of aliphatic hydroxyl groups excluding tert-OH is 1. The van der Waals surface area contributed by atoms with Crippen molar-refractivity contribution in [3.63, 3.8) is 0 Å². The zero-order valence-corrected chi connectivity index (χ0v) is 14.5. The Morgan fingerprint density at radius 3 is 2.39 bits per heavy atom. The zero-order chi connectivity index (χ0) is 16.9. The first-order valence-electron chi connectivity index (χ1n) is 8.55. The van der Waals surface area contributed by atoms with Crippen molar-refractivity contribution in [1.29, 1.82) is 0 Å². The van der Waals surface area contributed by atoms with Crippen LogP contribution in [0, 0.1) is 0 Å². The number of carbonyl (C=O) groups is 1. The number of nitrogens with one attached hydrogen (secondary N) is 1. The molecule has 0 heterocycles. The molecule has 4 nitrogen and oxygen atoms in total. The van der Waals surface area contributed by atoms with E-state index >= 15 is 0 Å². The van der Waals surface area contributed by atoms with Crippen LogP contribution in [-0.2, 0) is 14.9 Å². The van der Waals surface area contributed by atoms with E-state index in [0.717, 1.165) is 31.2 Å². The van der Waals surface area contributed by atoms with Crippen LogP contribution in [0.2, 0.25) is 0 Å². The van der Waals surface area contributed by atoms with E-state index in [1.807, 2.05) is 0 Å². The van der Waals surface area contributed by atoms with Crippen molar-refractivity contribution in [3.8, 4) is 0 Å². The van der Waals surface area contributed by atoms with E-state index in [1.165, 1.54) is 5.56 Å². The van der Waals surface area contributed by atoms with Gasteiger partial charge in [0.15, 0.2) is 0 Å². The number of carbonyl (C=O) groups excluding carboxylic acids is 1. The molecule has 0 aliphatic heterocycles. The third-order valence-electron chi connectivity index (χ3n) is 4.88. The maximum Gasteiger partial charge on any atom is 0.230 e. The SMILES string of the molecule is COCC(O)CNC(=O)C1(c2ccc(C(C)C)cc2)CCCC1. The van der Waals surface area contributed by atoms with E-state index in [1.54, 1.807) is 7.11 Å². The van der Waals surface area contributed by atoms with Gasteiger partial charge in [-0.1, -0.05) is 51.0 Å². The summed E-state index contributed by atoms with van der Waals surface area (Å²) in [5, 5.41) is 12.7. The molecule has 2 N–H and O–H groups in total. The highest BCUT2D eigenvalue weighted by Gasteiger charge is 2.42. The first-order chi connectivity index (χ1) is 11.0. The van der Waals surface area contributed by atoms with Crippen LogP contribution in [0.15, 0.2) is 24.3 Å². The van der Waals surface area contributed by atoms with Gasteiger partial charge in [-0.15, -0.1) is 0 Å². The van der Waals surface area contributed by atoms with Gasteiger partial charge in [0.05, 0.1) is 18.1 Å². The molecular weight excluding hydrogens is 290 g/mol. The average Bonchev–Trinajstić information content (AvgIpc) is 3.04. The van der Waals surface area contributed by atoms with Crippen LogP contribution in [0.4, 0.5) is 0 Å². The second-order valence-corrected chi connectivity index (χ2v) is 6.89. The number of amides is 1. The summed E-state index contributed by atoms with van der Waals surface area (Å²) < 4.78 is 4.91. The van der Waals surface area contributed by atoms with Crippen LogP contribution >= 0.6 is 0 Å². The van der Waals surface area contributed by atoms with Gasteiger partial charge in [-0.05, 0) is 29.9 Å². The topological polar surface area (TPSA) is 58.6 Å². The van der Waals surface area contributed by atoms with Crippen molar-refractivity contribution in [3.05, 3.63) is 35.4 Å². The van der Waals surface area contributed by atoms with Gasteiger partial charge in [0.25, 0.3) is 0 Å². The highest BCUT2D eigenvalue weighted by atomic mass is 16.5. The molecule has 128 valence electrons. The monoisotopic (exact) mass is 319 g/mol. The summed E-state index contributed by atoms with van der Waals surface area (Å²) in [5.41, 5.74) is 1.94. The van der Waals surface area contributed by atoms with Gasteiger partial charge in [-0.25, -0.2) is 0 Å². The van der Waals surface area contributed by atoms with Crippen molar-refractivity contribution in [2.75, 3.05) is 20.3 Å². The maximum absolute atomic E-state index is 12.8. The lowest BCUT2D eigenvalue weighted by molar-refractivity contribution is -0.127. The minimum atomic E-state index is -0.661. The minimum absolute atomic E-state index is 0.0300. The second kappa shape index (κ2) is 7.93. The quantitative estimate of drug-likeness (QED) is 0.812. The smallest absolute Gasteiger partial charge is 0.230 e. The molecule has 0 bridgehead atoms. The Morgan fingerprint density at radius 1 is 1.26 bits per heavy atom. The van der Waals surface area contributed by atoms with Gasteiger partial charge in [0, 0.05) is 13.7 Å². The lowest BCUT2D eigenvalue weighted by Crippen LogP contribution is -2.45.